The van der Waals surface area contributed by atoms with E-state index in [9.17, 15) is 20.1 Å². The summed E-state index contributed by atoms with van der Waals surface area (Å²) in [4.78, 5) is 12.5. The lowest BCUT2D eigenvalue weighted by atomic mass is 10.0. The standard InChI is InChI=1S/C63H121NO4/c1-3-5-7-9-11-13-15-17-19-21-23-25-26-27-28-29-30-31-32-33-34-35-36-37-38-40-42-44-46-48-50-52-54-56-60(66)58-63(68)64-61(59-65)62(67)57-55-53-51-49-47-45-43-41-39-24-22-20-18-16-14-12-10-8-6-4-2/h39,41,47,49,55,57,60-62,65-67H,3-38,40,42-46,48,50-54,56,58-59H2,1-2H3,(H,64,68)/b41-39+,49-47+,57-55+. The molecule has 5 heteroatoms. The van der Waals surface area contributed by atoms with Crippen LogP contribution in [0, 0.1) is 0 Å². The van der Waals surface area contributed by atoms with E-state index >= 15 is 0 Å². The quantitative estimate of drug-likeness (QED) is 0.0361. The summed E-state index contributed by atoms with van der Waals surface area (Å²) in [5.74, 6) is -0.324. The Kier molecular flexibility index (Phi) is 56.9. The zero-order valence-corrected chi connectivity index (χ0v) is 46.0. The number of hydrogen-bond donors (Lipinski definition) is 4. The van der Waals surface area contributed by atoms with Gasteiger partial charge in [0.15, 0.2) is 0 Å². The first kappa shape index (κ1) is 66.6. The molecule has 0 aliphatic heterocycles. The van der Waals surface area contributed by atoms with Crippen LogP contribution in [-0.2, 0) is 4.79 Å². The van der Waals surface area contributed by atoms with E-state index in [-0.39, 0.29) is 18.9 Å². The molecule has 0 aromatic rings. The summed E-state index contributed by atoms with van der Waals surface area (Å²) in [6.07, 6.45) is 76.5. The van der Waals surface area contributed by atoms with E-state index in [4.69, 9.17) is 0 Å². The summed E-state index contributed by atoms with van der Waals surface area (Å²) in [6, 6.07) is -0.767. The number of unbranched alkanes of at least 4 members (excludes halogenated alkanes) is 44. The molecule has 5 nitrogen and oxygen atoms in total. The first-order valence-electron chi connectivity index (χ1n) is 30.8. The van der Waals surface area contributed by atoms with Crippen molar-refractivity contribution in [2.75, 3.05) is 6.61 Å². The van der Waals surface area contributed by atoms with Crippen LogP contribution in [0.3, 0.4) is 0 Å². The van der Waals surface area contributed by atoms with Crippen LogP contribution in [-0.4, -0.2) is 46.1 Å². The molecule has 68 heavy (non-hydrogen) atoms. The zero-order chi connectivity index (χ0) is 49.3. The molecular weight excluding hydrogens is 835 g/mol. The van der Waals surface area contributed by atoms with Crippen molar-refractivity contribution in [1.82, 2.24) is 5.32 Å². The molecule has 0 aliphatic rings. The Morgan fingerprint density at radius 1 is 0.368 bits per heavy atom. The van der Waals surface area contributed by atoms with Gasteiger partial charge in [-0.25, -0.2) is 0 Å². The van der Waals surface area contributed by atoms with E-state index in [2.05, 4.69) is 43.5 Å². The Bertz CT molecular complexity index is 1060. The number of allylic oxidation sites excluding steroid dienone is 5. The molecule has 1 amide bonds. The maximum atomic E-state index is 12.5. The number of hydrogen-bond acceptors (Lipinski definition) is 4. The van der Waals surface area contributed by atoms with Crippen LogP contribution in [0.25, 0.3) is 0 Å². The third kappa shape index (κ3) is 53.9. The van der Waals surface area contributed by atoms with Crippen LogP contribution in [0.5, 0.6) is 0 Å². The van der Waals surface area contributed by atoms with E-state index < -0.39 is 18.2 Å². The van der Waals surface area contributed by atoms with E-state index in [1.807, 2.05) is 6.08 Å². The molecule has 4 N–H and O–H groups in total. The van der Waals surface area contributed by atoms with E-state index in [1.165, 1.54) is 270 Å². The Hall–Kier alpha value is -1.43. The molecule has 0 radical (unpaired) electrons. The van der Waals surface area contributed by atoms with Gasteiger partial charge in [0.25, 0.3) is 0 Å². The summed E-state index contributed by atoms with van der Waals surface area (Å²) in [6.45, 7) is 4.23. The van der Waals surface area contributed by atoms with Crippen molar-refractivity contribution in [3.05, 3.63) is 36.5 Å². The molecule has 402 valence electrons. The topological polar surface area (TPSA) is 89.8 Å². The SMILES string of the molecule is CCCCCCCCCCCC/C=C/CC/C=C/CC/C=C/C(O)C(CO)NC(=O)CC(O)CCCCCCCCCCCCCCCCCCCCCCCCCCCCCCCCCCC. The number of rotatable bonds is 57. The summed E-state index contributed by atoms with van der Waals surface area (Å²) < 4.78 is 0. The smallest absolute Gasteiger partial charge is 0.222 e. The van der Waals surface area contributed by atoms with Crippen molar-refractivity contribution >= 4 is 5.91 Å². The van der Waals surface area contributed by atoms with Crippen molar-refractivity contribution in [3.8, 4) is 0 Å². The largest absolute Gasteiger partial charge is 0.394 e. The molecule has 0 aliphatic carbocycles. The average Bonchev–Trinajstić information content (AvgIpc) is 3.33. The number of aliphatic hydroxyl groups is 3. The Labute approximate surface area is 425 Å². The minimum absolute atomic E-state index is 0.00581. The highest BCUT2D eigenvalue weighted by Crippen LogP contribution is 2.18. The van der Waals surface area contributed by atoms with E-state index in [1.54, 1.807) is 6.08 Å². The normalized spacial score (nSPS) is 13.4. The summed E-state index contributed by atoms with van der Waals surface area (Å²) in [5.41, 5.74) is 0. The van der Waals surface area contributed by atoms with Crippen LogP contribution in [0.2, 0.25) is 0 Å². The predicted octanol–water partition coefficient (Wildman–Crippen LogP) is 19.4. The third-order valence-corrected chi connectivity index (χ3v) is 14.4. The first-order valence-corrected chi connectivity index (χ1v) is 30.8. The molecule has 0 aromatic heterocycles. The third-order valence-electron chi connectivity index (χ3n) is 14.4. The van der Waals surface area contributed by atoms with Crippen LogP contribution < -0.4 is 5.32 Å². The second-order valence-electron chi connectivity index (χ2n) is 21.3. The Balaban J connectivity index is 3.52. The lowest BCUT2D eigenvalue weighted by molar-refractivity contribution is -0.124. The molecule has 0 aromatic carbocycles. The molecule has 3 unspecified atom stereocenters. The summed E-state index contributed by atoms with van der Waals surface area (Å²) in [7, 11) is 0. The number of carbonyl (C=O) groups excluding carboxylic acids is 1. The van der Waals surface area contributed by atoms with Gasteiger partial charge in [0.1, 0.15) is 0 Å². The van der Waals surface area contributed by atoms with Gasteiger partial charge in [0.2, 0.25) is 5.91 Å². The van der Waals surface area contributed by atoms with Crippen molar-refractivity contribution in [2.24, 2.45) is 0 Å². The Morgan fingerprint density at radius 3 is 0.941 bits per heavy atom. The summed E-state index contributed by atoms with van der Waals surface area (Å²) >= 11 is 0. The minimum atomic E-state index is -0.960. The van der Waals surface area contributed by atoms with Crippen LogP contribution in [0.15, 0.2) is 36.5 Å². The molecule has 0 spiro atoms. The Morgan fingerprint density at radius 2 is 0.632 bits per heavy atom. The van der Waals surface area contributed by atoms with Crippen LogP contribution in [0.1, 0.15) is 335 Å². The first-order chi connectivity index (χ1) is 33.5. The number of carbonyl (C=O) groups is 1. The molecular formula is C63H121NO4. The minimum Gasteiger partial charge on any atom is -0.394 e. The van der Waals surface area contributed by atoms with Gasteiger partial charge in [-0.1, -0.05) is 320 Å². The molecule has 0 rings (SSSR count). The molecule has 0 fully saturated rings. The lowest BCUT2D eigenvalue weighted by Crippen LogP contribution is -2.45. The van der Waals surface area contributed by atoms with Crippen molar-refractivity contribution in [3.63, 3.8) is 0 Å². The van der Waals surface area contributed by atoms with Crippen molar-refractivity contribution < 1.29 is 20.1 Å². The molecule has 3 atom stereocenters. The predicted molar refractivity (Wildman–Crippen MR) is 301 cm³/mol. The van der Waals surface area contributed by atoms with Crippen LogP contribution >= 0.6 is 0 Å². The van der Waals surface area contributed by atoms with Crippen molar-refractivity contribution in [1.29, 1.82) is 0 Å². The zero-order valence-electron chi connectivity index (χ0n) is 46.0. The van der Waals surface area contributed by atoms with E-state index in [0.717, 1.165) is 38.5 Å². The maximum absolute atomic E-state index is 12.5. The molecule has 0 bridgehead atoms. The van der Waals surface area contributed by atoms with Crippen LogP contribution in [0.4, 0.5) is 0 Å². The van der Waals surface area contributed by atoms with Crippen molar-refractivity contribution in [2.45, 2.75) is 353 Å². The van der Waals surface area contributed by atoms with E-state index in [0.29, 0.717) is 6.42 Å². The molecule has 0 heterocycles. The van der Waals surface area contributed by atoms with Gasteiger partial charge in [-0.05, 0) is 44.9 Å². The molecule has 0 saturated carbocycles. The van der Waals surface area contributed by atoms with Gasteiger partial charge in [0.05, 0.1) is 31.3 Å². The fourth-order valence-electron chi connectivity index (χ4n) is 9.73. The van der Waals surface area contributed by atoms with Gasteiger partial charge in [-0.2, -0.15) is 0 Å². The second-order valence-corrected chi connectivity index (χ2v) is 21.3. The number of aliphatic hydroxyl groups excluding tert-OH is 3. The summed E-state index contributed by atoms with van der Waals surface area (Å²) in [5, 5.41) is 33.5. The fraction of sp³-hybridized carbons (Fsp3) is 0.889. The van der Waals surface area contributed by atoms with Gasteiger partial charge in [0, 0.05) is 0 Å². The van der Waals surface area contributed by atoms with Gasteiger partial charge >= 0.3 is 0 Å². The maximum Gasteiger partial charge on any atom is 0.222 e. The lowest BCUT2D eigenvalue weighted by Gasteiger charge is -2.21. The average molecular weight is 957 g/mol. The highest BCUT2D eigenvalue weighted by Gasteiger charge is 2.20. The monoisotopic (exact) mass is 956 g/mol. The highest BCUT2D eigenvalue weighted by atomic mass is 16.3. The molecule has 0 saturated heterocycles. The van der Waals surface area contributed by atoms with Gasteiger partial charge in [-0.15, -0.1) is 0 Å². The second kappa shape index (κ2) is 58.1. The number of amides is 1. The van der Waals surface area contributed by atoms with Gasteiger partial charge in [-0.3, -0.25) is 4.79 Å². The fourth-order valence-corrected chi connectivity index (χ4v) is 9.73. The van der Waals surface area contributed by atoms with Gasteiger partial charge < -0.3 is 20.6 Å². The highest BCUT2D eigenvalue weighted by molar-refractivity contribution is 5.76. The number of nitrogens with one attached hydrogen (secondary N) is 1.